The first kappa shape index (κ1) is 12.8. The average molecular weight is 235 g/mol. The summed E-state index contributed by atoms with van der Waals surface area (Å²) in [7, 11) is 12.8. The van der Waals surface area contributed by atoms with E-state index in [-0.39, 0.29) is 0 Å². The van der Waals surface area contributed by atoms with E-state index in [0.29, 0.717) is 5.15 Å². The van der Waals surface area contributed by atoms with Crippen LogP contribution < -0.4 is 32.9 Å². The normalized spacial score (nSPS) is 10.9. The van der Waals surface area contributed by atoms with E-state index in [9.17, 15) is 0 Å². The quantitative estimate of drug-likeness (QED) is 0.326. The third-order valence-electron chi connectivity index (χ3n) is 4.08. The van der Waals surface area contributed by atoms with E-state index in [1.54, 1.807) is 0 Å². The Balaban J connectivity index is 3.17. The molecule has 78 valence electrons. The highest BCUT2D eigenvalue weighted by Gasteiger charge is 2.14. The number of benzene rings is 1. The molecule has 0 aliphatic carbocycles. The van der Waals surface area contributed by atoms with Gasteiger partial charge >= 0.3 is 0 Å². The minimum absolute atomic E-state index is 0.631. The molecular weight excluding hydrogens is 222 g/mol. The Morgan fingerprint density at radius 1 is 0.647 bits per heavy atom. The second-order valence-corrected chi connectivity index (χ2v) is 5.22. The van der Waals surface area contributed by atoms with Gasteiger partial charge in [0.1, 0.15) is 44.4 Å². The molecule has 17 heavy (non-hydrogen) atoms. The second kappa shape index (κ2) is 4.20. The Morgan fingerprint density at radius 2 is 1.12 bits per heavy atom. The minimum Gasteiger partial charge on any atom is -0.252 e. The van der Waals surface area contributed by atoms with Gasteiger partial charge in [-0.05, 0) is 11.0 Å². The standard InChI is InChI=1S/C9H12B6ClN/c10-3-1-2(4(11)7(14)6(3)13)9(16)17-8(15)5(1)12/h10-15H2. The lowest BCUT2D eigenvalue weighted by molar-refractivity contribution is 1.44. The van der Waals surface area contributed by atoms with Crippen LogP contribution in [0.2, 0.25) is 5.15 Å². The van der Waals surface area contributed by atoms with Crippen molar-refractivity contribution in [1.29, 1.82) is 0 Å². The molecule has 0 atom stereocenters. The van der Waals surface area contributed by atoms with E-state index in [2.05, 4.69) is 44.2 Å². The maximum absolute atomic E-state index is 6.32. The van der Waals surface area contributed by atoms with Gasteiger partial charge in [-0.2, -0.15) is 0 Å². The number of nitrogens with zero attached hydrogens (tertiary/aromatic N) is 1. The fourth-order valence-corrected chi connectivity index (χ4v) is 2.87. The highest BCUT2D eigenvalue weighted by atomic mass is 35.5. The van der Waals surface area contributed by atoms with Gasteiger partial charge in [0.2, 0.25) is 0 Å². The molecule has 0 unspecified atom stereocenters. The Hall–Kier alpha value is -0.690. The summed E-state index contributed by atoms with van der Waals surface area (Å²) in [6, 6.07) is 0. The van der Waals surface area contributed by atoms with E-state index in [4.69, 9.17) is 11.6 Å². The van der Waals surface area contributed by atoms with E-state index in [1.165, 1.54) is 32.7 Å². The lowest BCUT2D eigenvalue weighted by Crippen LogP contribution is -2.50. The lowest BCUT2D eigenvalue weighted by atomic mass is 9.63. The lowest BCUT2D eigenvalue weighted by Gasteiger charge is -2.19. The van der Waals surface area contributed by atoms with Crippen LogP contribution in [0.4, 0.5) is 0 Å². The van der Waals surface area contributed by atoms with Crippen molar-refractivity contribution in [2.45, 2.75) is 0 Å². The van der Waals surface area contributed by atoms with Gasteiger partial charge < -0.3 is 0 Å². The number of hydrogen-bond donors (Lipinski definition) is 0. The zero-order chi connectivity index (χ0) is 12.9. The molecule has 0 aliphatic rings. The maximum atomic E-state index is 6.32. The van der Waals surface area contributed by atoms with Crippen molar-refractivity contribution in [1.82, 2.24) is 4.98 Å². The topological polar surface area (TPSA) is 12.9 Å². The highest BCUT2D eigenvalue weighted by Crippen LogP contribution is 2.13. The van der Waals surface area contributed by atoms with Crippen molar-refractivity contribution in [2.24, 2.45) is 0 Å². The van der Waals surface area contributed by atoms with Crippen LogP contribution >= 0.6 is 11.6 Å². The number of pyridine rings is 1. The predicted molar refractivity (Wildman–Crippen MR) is 95.8 cm³/mol. The first-order chi connectivity index (χ1) is 7.86. The molecule has 8 heteroatoms. The summed E-state index contributed by atoms with van der Waals surface area (Å²) in [4.78, 5) is 4.44. The van der Waals surface area contributed by atoms with Gasteiger partial charge in [0.25, 0.3) is 0 Å². The Morgan fingerprint density at radius 3 is 1.65 bits per heavy atom. The van der Waals surface area contributed by atoms with E-state index in [0.717, 1.165) is 11.0 Å². The van der Waals surface area contributed by atoms with Gasteiger partial charge in [0, 0.05) is 5.39 Å². The Bertz CT molecular complexity index is 642. The molecule has 1 nitrogen and oxygen atoms in total. The second-order valence-electron chi connectivity index (χ2n) is 4.86. The number of rotatable bonds is 0. The first-order valence-electron chi connectivity index (χ1n) is 5.89. The monoisotopic (exact) mass is 235 g/mol. The van der Waals surface area contributed by atoms with Crippen LogP contribution in [-0.2, 0) is 0 Å². The summed E-state index contributed by atoms with van der Waals surface area (Å²) in [6.07, 6.45) is 0. The fourth-order valence-electron chi connectivity index (χ4n) is 2.51. The molecule has 2 aromatic rings. The Kier molecular flexibility index (Phi) is 3.15. The van der Waals surface area contributed by atoms with Crippen molar-refractivity contribution in [3.8, 4) is 0 Å². The molecule has 1 aromatic heterocycles. The molecule has 1 aromatic carbocycles. The van der Waals surface area contributed by atoms with E-state index in [1.807, 2.05) is 7.85 Å². The van der Waals surface area contributed by atoms with Crippen molar-refractivity contribution in [2.75, 3.05) is 0 Å². The highest BCUT2D eigenvalue weighted by molar-refractivity contribution is 6.69. The third kappa shape index (κ3) is 1.76. The van der Waals surface area contributed by atoms with Crippen LogP contribution in [-0.4, -0.2) is 52.1 Å². The SMILES string of the molecule is Bc1nc(Cl)c2c(B)c(B)c(B)c(B)c2c1B. The first-order valence-corrected chi connectivity index (χ1v) is 6.26. The average Bonchev–Trinajstić information content (AvgIpc) is 2.28. The molecule has 0 fully saturated rings. The fraction of sp³-hybridized carbons (Fsp3) is 0. The van der Waals surface area contributed by atoms with Crippen LogP contribution in [0, 0.1) is 0 Å². The zero-order valence-corrected chi connectivity index (χ0v) is 12.1. The molecule has 0 N–H and O–H groups in total. The van der Waals surface area contributed by atoms with Gasteiger partial charge in [-0.3, -0.25) is 4.98 Å². The molecule has 2 rings (SSSR count). The summed E-state index contributed by atoms with van der Waals surface area (Å²) in [6.45, 7) is 0. The Labute approximate surface area is 113 Å². The van der Waals surface area contributed by atoms with Crippen molar-refractivity contribution in [3.05, 3.63) is 5.15 Å². The van der Waals surface area contributed by atoms with Gasteiger partial charge in [-0.15, -0.1) is 10.9 Å². The summed E-state index contributed by atoms with van der Waals surface area (Å²) in [5.74, 6) is 0. The molecular formula is C9H12B6ClN. The molecule has 0 bridgehead atoms. The van der Waals surface area contributed by atoms with Crippen molar-refractivity contribution >= 4 is 102 Å². The molecule has 1 heterocycles. The van der Waals surface area contributed by atoms with Crippen LogP contribution in [0.25, 0.3) is 10.8 Å². The van der Waals surface area contributed by atoms with Gasteiger partial charge in [0.05, 0.1) is 0 Å². The maximum Gasteiger partial charge on any atom is 0.163 e. The molecule has 0 saturated heterocycles. The van der Waals surface area contributed by atoms with Gasteiger partial charge in [0.15, 0.2) is 7.85 Å². The van der Waals surface area contributed by atoms with Gasteiger partial charge in [-0.25, -0.2) is 0 Å². The molecule has 0 amide bonds. The molecule has 0 aliphatic heterocycles. The van der Waals surface area contributed by atoms with E-state index >= 15 is 0 Å². The minimum atomic E-state index is 0.631. The number of halogens is 1. The summed E-state index contributed by atoms with van der Waals surface area (Å²) in [5, 5.41) is 3.03. The molecule has 0 spiro atoms. The smallest absolute Gasteiger partial charge is 0.163 e. The van der Waals surface area contributed by atoms with Crippen molar-refractivity contribution < 1.29 is 0 Å². The van der Waals surface area contributed by atoms with Gasteiger partial charge in [-0.1, -0.05) is 28.0 Å². The van der Waals surface area contributed by atoms with Crippen LogP contribution in [0.3, 0.4) is 0 Å². The van der Waals surface area contributed by atoms with Crippen LogP contribution in [0.1, 0.15) is 0 Å². The number of fused-ring (bicyclic) bond motifs is 1. The number of hydrogen-bond acceptors (Lipinski definition) is 1. The molecule has 0 saturated carbocycles. The van der Waals surface area contributed by atoms with Crippen molar-refractivity contribution in [3.63, 3.8) is 0 Å². The predicted octanol–water partition coefficient (Wildman–Crippen LogP) is -7.56. The van der Waals surface area contributed by atoms with Crippen LogP contribution in [0.5, 0.6) is 0 Å². The largest absolute Gasteiger partial charge is 0.252 e. The molecule has 0 radical (unpaired) electrons. The summed E-state index contributed by atoms with van der Waals surface area (Å²) in [5.41, 5.74) is 7.53. The number of aromatic nitrogens is 1. The van der Waals surface area contributed by atoms with E-state index < -0.39 is 0 Å². The van der Waals surface area contributed by atoms with Crippen LogP contribution in [0.15, 0.2) is 0 Å². The zero-order valence-electron chi connectivity index (χ0n) is 11.3. The summed E-state index contributed by atoms with van der Waals surface area (Å²) < 4.78 is 0. The summed E-state index contributed by atoms with van der Waals surface area (Å²) >= 11 is 6.32. The third-order valence-corrected chi connectivity index (χ3v) is 4.35.